The van der Waals surface area contributed by atoms with Crippen LogP contribution in [0.2, 0.25) is 5.02 Å². The van der Waals surface area contributed by atoms with E-state index >= 15 is 0 Å². The molecule has 0 aliphatic heterocycles. The molecule has 17 heavy (non-hydrogen) atoms. The number of benzene rings is 1. The minimum atomic E-state index is -0.121. The highest BCUT2D eigenvalue weighted by Gasteiger charge is 2.20. The Hall–Kier alpha value is -0.730. The highest BCUT2D eigenvalue weighted by atomic mass is 35.5. The van der Waals surface area contributed by atoms with Crippen molar-refractivity contribution < 1.29 is 4.74 Å². The summed E-state index contributed by atoms with van der Waals surface area (Å²) in [5.74, 6) is 0. The summed E-state index contributed by atoms with van der Waals surface area (Å²) >= 11 is 6.18. The number of methoxy groups -OCH3 is 1. The van der Waals surface area contributed by atoms with E-state index in [1.165, 1.54) is 5.56 Å². The largest absolute Gasteiger partial charge is 0.381 e. The zero-order valence-corrected chi connectivity index (χ0v) is 12.1. The Morgan fingerprint density at radius 2 is 2.06 bits per heavy atom. The Bertz CT molecular complexity index is 376. The van der Waals surface area contributed by atoms with Crippen LogP contribution in [0.5, 0.6) is 0 Å². The first kappa shape index (κ1) is 14.3. The number of rotatable bonds is 5. The van der Waals surface area contributed by atoms with Gasteiger partial charge in [0, 0.05) is 13.2 Å². The molecule has 0 heterocycles. The van der Waals surface area contributed by atoms with Crippen LogP contribution in [0.4, 0.5) is 5.69 Å². The van der Waals surface area contributed by atoms with Gasteiger partial charge < -0.3 is 10.1 Å². The van der Waals surface area contributed by atoms with Gasteiger partial charge in [-0.2, -0.15) is 0 Å². The summed E-state index contributed by atoms with van der Waals surface area (Å²) in [4.78, 5) is 0. The first-order chi connectivity index (χ1) is 7.84. The molecule has 0 aliphatic carbocycles. The molecule has 0 spiro atoms. The Balaban J connectivity index is 2.65. The summed E-state index contributed by atoms with van der Waals surface area (Å²) in [5.41, 5.74) is 2.03. The SMILES string of the molecule is COC(C)(C)CC(C)Nc1ccc(C)cc1Cl. The van der Waals surface area contributed by atoms with E-state index in [2.05, 4.69) is 32.2 Å². The number of hydrogen-bond acceptors (Lipinski definition) is 2. The van der Waals surface area contributed by atoms with Gasteiger partial charge >= 0.3 is 0 Å². The normalized spacial score (nSPS) is 13.5. The van der Waals surface area contributed by atoms with Crippen molar-refractivity contribution in [2.24, 2.45) is 0 Å². The molecule has 1 N–H and O–H groups in total. The van der Waals surface area contributed by atoms with Crippen molar-refractivity contribution >= 4 is 17.3 Å². The lowest BCUT2D eigenvalue weighted by atomic mass is 9.99. The molecule has 0 aromatic heterocycles. The van der Waals surface area contributed by atoms with Crippen LogP contribution in [0.15, 0.2) is 18.2 Å². The van der Waals surface area contributed by atoms with Gasteiger partial charge in [-0.1, -0.05) is 17.7 Å². The fourth-order valence-electron chi connectivity index (χ4n) is 1.87. The Kier molecular flexibility index (Phi) is 4.84. The van der Waals surface area contributed by atoms with Crippen LogP contribution < -0.4 is 5.32 Å². The molecule has 96 valence electrons. The predicted octanol–water partition coefficient (Wildman–Crippen LogP) is 4.26. The van der Waals surface area contributed by atoms with E-state index < -0.39 is 0 Å². The molecular weight excluding hydrogens is 234 g/mol. The summed E-state index contributed by atoms with van der Waals surface area (Å²) in [6, 6.07) is 6.36. The van der Waals surface area contributed by atoms with E-state index in [0.29, 0.717) is 6.04 Å². The molecule has 1 unspecified atom stereocenters. The fraction of sp³-hybridized carbons (Fsp3) is 0.571. The molecule has 1 rings (SSSR count). The lowest BCUT2D eigenvalue weighted by molar-refractivity contribution is 0.0128. The molecule has 0 saturated carbocycles. The minimum Gasteiger partial charge on any atom is -0.381 e. The van der Waals surface area contributed by atoms with E-state index in [0.717, 1.165) is 17.1 Å². The van der Waals surface area contributed by atoms with E-state index in [-0.39, 0.29) is 5.60 Å². The first-order valence-corrected chi connectivity index (χ1v) is 6.30. The molecule has 1 atom stereocenters. The zero-order valence-electron chi connectivity index (χ0n) is 11.3. The maximum absolute atomic E-state index is 6.18. The maximum atomic E-state index is 6.18. The van der Waals surface area contributed by atoms with Crippen LogP contribution in [0.25, 0.3) is 0 Å². The number of ether oxygens (including phenoxy) is 1. The molecule has 0 amide bonds. The number of hydrogen-bond donors (Lipinski definition) is 1. The molecule has 0 bridgehead atoms. The average Bonchev–Trinajstić information content (AvgIpc) is 2.21. The molecule has 0 saturated heterocycles. The summed E-state index contributed by atoms with van der Waals surface area (Å²) in [7, 11) is 1.74. The summed E-state index contributed by atoms with van der Waals surface area (Å²) in [5, 5.41) is 4.19. The molecule has 1 aromatic carbocycles. The van der Waals surface area contributed by atoms with Gasteiger partial charge in [-0.15, -0.1) is 0 Å². The molecule has 0 aliphatic rings. The Morgan fingerprint density at radius 3 is 2.59 bits per heavy atom. The Labute approximate surface area is 109 Å². The standard InChI is InChI=1S/C14H22ClNO/c1-10-6-7-13(12(15)8-10)16-11(2)9-14(3,4)17-5/h6-8,11,16H,9H2,1-5H3. The van der Waals surface area contributed by atoms with Gasteiger partial charge in [0.25, 0.3) is 0 Å². The van der Waals surface area contributed by atoms with Crippen LogP contribution in [0.1, 0.15) is 32.8 Å². The second-order valence-corrected chi connectivity index (χ2v) is 5.60. The van der Waals surface area contributed by atoms with Crippen LogP contribution in [0, 0.1) is 6.92 Å². The van der Waals surface area contributed by atoms with Gasteiger partial charge in [0.2, 0.25) is 0 Å². The second-order valence-electron chi connectivity index (χ2n) is 5.20. The van der Waals surface area contributed by atoms with Crippen molar-refractivity contribution in [1.82, 2.24) is 0 Å². The number of anilines is 1. The number of aryl methyl sites for hydroxylation is 1. The second kappa shape index (κ2) is 5.74. The van der Waals surface area contributed by atoms with Crippen molar-refractivity contribution in [3.8, 4) is 0 Å². The third kappa shape index (κ3) is 4.57. The highest BCUT2D eigenvalue weighted by molar-refractivity contribution is 6.33. The van der Waals surface area contributed by atoms with Gasteiger partial charge in [-0.3, -0.25) is 0 Å². The molecule has 0 fully saturated rings. The fourth-order valence-corrected chi connectivity index (χ4v) is 2.16. The summed E-state index contributed by atoms with van der Waals surface area (Å²) in [6.07, 6.45) is 0.924. The number of nitrogens with one attached hydrogen (secondary N) is 1. The van der Waals surface area contributed by atoms with Gasteiger partial charge in [-0.25, -0.2) is 0 Å². The summed E-state index contributed by atoms with van der Waals surface area (Å²) in [6.45, 7) is 8.34. The number of halogens is 1. The lowest BCUT2D eigenvalue weighted by Gasteiger charge is -2.27. The van der Waals surface area contributed by atoms with Crippen molar-refractivity contribution in [2.45, 2.75) is 45.8 Å². The highest BCUT2D eigenvalue weighted by Crippen LogP contribution is 2.25. The first-order valence-electron chi connectivity index (χ1n) is 5.92. The molecule has 2 nitrogen and oxygen atoms in total. The van der Waals surface area contributed by atoms with Crippen LogP contribution >= 0.6 is 11.6 Å². The van der Waals surface area contributed by atoms with E-state index in [1.807, 2.05) is 19.1 Å². The molecule has 3 heteroatoms. The van der Waals surface area contributed by atoms with Gasteiger partial charge in [0.1, 0.15) is 0 Å². The predicted molar refractivity (Wildman–Crippen MR) is 75.0 cm³/mol. The smallest absolute Gasteiger partial charge is 0.0642 e. The van der Waals surface area contributed by atoms with Crippen molar-refractivity contribution in [1.29, 1.82) is 0 Å². The third-order valence-electron chi connectivity index (χ3n) is 2.88. The van der Waals surface area contributed by atoms with E-state index in [9.17, 15) is 0 Å². The molecule has 0 radical (unpaired) electrons. The van der Waals surface area contributed by atoms with Crippen LogP contribution in [0.3, 0.4) is 0 Å². The van der Waals surface area contributed by atoms with Crippen LogP contribution in [-0.2, 0) is 4.74 Å². The monoisotopic (exact) mass is 255 g/mol. The van der Waals surface area contributed by atoms with E-state index in [4.69, 9.17) is 16.3 Å². The van der Waals surface area contributed by atoms with Crippen molar-refractivity contribution in [2.75, 3.05) is 12.4 Å². The minimum absolute atomic E-state index is 0.121. The third-order valence-corrected chi connectivity index (χ3v) is 3.19. The van der Waals surface area contributed by atoms with Gasteiger partial charge in [0.15, 0.2) is 0 Å². The van der Waals surface area contributed by atoms with Crippen molar-refractivity contribution in [3.63, 3.8) is 0 Å². The van der Waals surface area contributed by atoms with Crippen LogP contribution in [-0.4, -0.2) is 18.8 Å². The average molecular weight is 256 g/mol. The van der Waals surface area contributed by atoms with Crippen molar-refractivity contribution in [3.05, 3.63) is 28.8 Å². The van der Waals surface area contributed by atoms with Gasteiger partial charge in [0.05, 0.1) is 16.3 Å². The maximum Gasteiger partial charge on any atom is 0.0642 e. The molecular formula is C14H22ClNO. The quantitative estimate of drug-likeness (QED) is 0.849. The van der Waals surface area contributed by atoms with Gasteiger partial charge in [-0.05, 0) is 51.8 Å². The van der Waals surface area contributed by atoms with E-state index in [1.54, 1.807) is 7.11 Å². The Morgan fingerprint density at radius 1 is 1.41 bits per heavy atom. The summed E-state index contributed by atoms with van der Waals surface area (Å²) < 4.78 is 5.42. The topological polar surface area (TPSA) is 21.3 Å². The lowest BCUT2D eigenvalue weighted by Crippen LogP contribution is -2.31. The zero-order chi connectivity index (χ0) is 13.1. The molecule has 1 aromatic rings.